The highest BCUT2D eigenvalue weighted by molar-refractivity contribution is 4.89. The van der Waals surface area contributed by atoms with E-state index in [0.29, 0.717) is 6.10 Å². The highest BCUT2D eigenvalue weighted by atomic mass is 16.5. The lowest BCUT2D eigenvalue weighted by molar-refractivity contribution is -0.115. The second kappa shape index (κ2) is 7.38. The molecule has 0 aromatic rings. The van der Waals surface area contributed by atoms with Crippen LogP contribution >= 0.6 is 0 Å². The quantitative estimate of drug-likeness (QED) is 0.685. The first kappa shape index (κ1) is 15.0. The van der Waals surface area contributed by atoms with Crippen LogP contribution in [0.2, 0.25) is 0 Å². The maximum absolute atomic E-state index is 6.38. The summed E-state index contributed by atoms with van der Waals surface area (Å²) in [5.74, 6) is 0.816. The van der Waals surface area contributed by atoms with E-state index in [1.807, 2.05) is 0 Å². The van der Waals surface area contributed by atoms with Gasteiger partial charge in [-0.15, -0.1) is 0 Å². The zero-order valence-electron chi connectivity index (χ0n) is 12.2. The molecule has 1 saturated carbocycles. The molecule has 1 rings (SSSR count). The van der Waals surface area contributed by atoms with Crippen LogP contribution in [0.25, 0.3) is 0 Å². The topological polar surface area (TPSA) is 21.3 Å². The molecule has 0 heterocycles. The Bertz CT molecular complexity index is 207. The molecule has 0 bridgehead atoms. The van der Waals surface area contributed by atoms with Crippen LogP contribution in [-0.4, -0.2) is 24.8 Å². The lowest BCUT2D eigenvalue weighted by Gasteiger charge is -2.42. The van der Waals surface area contributed by atoms with E-state index in [0.717, 1.165) is 25.4 Å². The Morgan fingerprint density at radius 2 is 2.18 bits per heavy atom. The van der Waals surface area contributed by atoms with E-state index < -0.39 is 0 Å². The molecule has 0 aromatic carbocycles. The highest BCUT2D eigenvalue weighted by Crippen LogP contribution is 2.36. The van der Waals surface area contributed by atoms with Gasteiger partial charge in [-0.25, -0.2) is 0 Å². The first-order valence-electron chi connectivity index (χ1n) is 7.50. The average Bonchev–Trinajstić information content (AvgIpc) is 2.29. The first-order chi connectivity index (χ1) is 8.12. The summed E-state index contributed by atoms with van der Waals surface area (Å²) in [6.45, 7) is 11.2. The van der Waals surface area contributed by atoms with Crippen LogP contribution in [0.3, 0.4) is 0 Å². The summed E-state index contributed by atoms with van der Waals surface area (Å²) in [5, 5.41) is 3.57. The summed E-state index contributed by atoms with van der Waals surface area (Å²) < 4.78 is 6.38. The van der Waals surface area contributed by atoms with Gasteiger partial charge < -0.3 is 10.1 Å². The van der Waals surface area contributed by atoms with Crippen molar-refractivity contribution in [2.75, 3.05) is 13.1 Å². The van der Waals surface area contributed by atoms with Gasteiger partial charge in [0.05, 0.1) is 11.7 Å². The molecule has 0 aromatic heterocycles. The minimum atomic E-state index is 0.113. The monoisotopic (exact) mass is 241 g/mol. The predicted molar refractivity (Wildman–Crippen MR) is 74.4 cm³/mol. The maximum Gasteiger partial charge on any atom is 0.0812 e. The van der Waals surface area contributed by atoms with Crippen molar-refractivity contribution in [3.05, 3.63) is 0 Å². The summed E-state index contributed by atoms with van der Waals surface area (Å²) in [6.07, 6.45) is 7.87. The van der Waals surface area contributed by atoms with Crippen LogP contribution in [0.15, 0.2) is 0 Å². The van der Waals surface area contributed by atoms with E-state index in [-0.39, 0.29) is 5.60 Å². The molecule has 0 saturated heterocycles. The van der Waals surface area contributed by atoms with Crippen molar-refractivity contribution >= 4 is 0 Å². The van der Waals surface area contributed by atoms with Crippen molar-refractivity contribution in [2.45, 2.75) is 77.9 Å². The molecule has 1 aliphatic rings. The summed E-state index contributed by atoms with van der Waals surface area (Å²) in [5.41, 5.74) is 0.113. The van der Waals surface area contributed by atoms with Crippen LogP contribution < -0.4 is 5.32 Å². The number of ether oxygens (including phenoxy) is 1. The molecular weight excluding hydrogens is 210 g/mol. The van der Waals surface area contributed by atoms with Crippen LogP contribution in [0.1, 0.15) is 66.2 Å². The van der Waals surface area contributed by atoms with Crippen molar-refractivity contribution in [3.8, 4) is 0 Å². The normalized spacial score (nSPS) is 31.4. The molecular formula is C15H31NO. The third-order valence-electron chi connectivity index (χ3n) is 3.95. The van der Waals surface area contributed by atoms with Crippen LogP contribution in [0.5, 0.6) is 0 Å². The minimum Gasteiger partial charge on any atom is -0.371 e. The fourth-order valence-electron chi connectivity index (χ4n) is 2.92. The Hall–Kier alpha value is -0.0800. The lowest BCUT2D eigenvalue weighted by Crippen LogP contribution is -2.48. The highest BCUT2D eigenvalue weighted by Gasteiger charge is 2.36. The first-order valence-corrected chi connectivity index (χ1v) is 7.50. The molecule has 102 valence electrons. The molecule has 3 unspecified atom stereocenters. The Kier molecular flexibility index (Phi) is 6.50. The SMILES string of the molecule is CCCNCC1(OC(C)CC)CCCC(C)C1. The molecule has 2 nitrogen and oxygen atoms in total. The Labute approximate surface area is 108 Å². The van der Waals surface area contributed by atoms with Gasteiger partial charge in [0.2, 0.25) is 0 Å². The molecule has 0 radical (unpaired) electrons. The standard InChI is InChI=1S/C15H31NO/c1-5-10-16-12-15(17-14(4)6-2)9-7-8-13(3)11-15/h13-14,16H,5-12H2,1-4H3. The number of hydrogen-bond donors (Lipinski definition) is 1. The predicted octanol–water partition coefficient (Wildman–Crippen LogP) is 3.75. The lowest BCUT2D eigenvalue weighted by atomic mass is 9.78. The summed E-state index contributed by atoms with van der Waals surface area (Å²) >= 11 is 0. The van der Waals surface area contributed by atoms with Gasteiger partial charge in [0.1, 0.15) is 0 Å². The van der Waals surface area contributed by atoms with Gasteiger partial charge >= 0.3 is 0 Å². The van der Waals surface area contributed by atoms with Gasteiger partial charge in [-0.2, -0.15) is 0 Å². The van der Waals surface area contributed by atoms with Crippen molar-refractivity contribution in [3.63, 3.8) is 0 Å². The third-order valence-corrected chi connectivity index (χ3v) is 3.95. The van der Waals surface area contributed by atoms with Crippen molar-refractivity contribution in [1.29, 1.82) is 0 Å². The minimum absolute atomic E-state index is 0.113. The Balaban J connectivity index is 2.55. The molecule has 0 spiro atoms. The number of nitrogens with one attached hydrogen (secondary N) is 1. The Morgan fingerprint density at radius 1 is 1.41 bits per heavy atom. The summed E-state index contributed by atoms with van der Waals surface area (Å²) in [4.78, 5) is 0. The van der Waals surface area contributed by atoms with E-state index in [1.165, 1.54) is 32.1 Å². The molecule has 3 atom stereocenters. The van der Waals surface area contributed by atoms with E-state index in [9.17, 15) is 0 Å². The second-order valence-electron chi connectivity index (χ2n) is 5.90. The zero-order chi connectivity index (χ0) is 12.7. The number of rotatable bonds is 7. The summed E-state index contributed by atoms with van der Waals surface area (Å²) in [7, 11) is 0. The van der Waals surface area contributed by atoms with Crippen molar-refractivity contribution < 1.29 is 4.74 Å². The van der Waals surface area contributed by atoms with Crippen molar-refractivity contribution in [1.82, 2.24) is 5.32 Å². The van der Waals surface area contributed by atoms with Gasteiger partial charge in [0.15, 0.2) is 0 Å². The largest absolute Gasteiger partial charge is 0.371 e. The van der Waals surface area contributed by atoms with E-state index >= 15 is 0 Å². The van der Waals surface area contributed by atoms with Crippen molar-refractivity contribution in [2.24, 2.45) is 5.92 Å². The molecule has 2 heteroatoms. The molecule has 1 N–H and O–H groups in total. The van der Waals surface area contributed by atoms with Gasteiger partial charge in [0, 0.05) is 6.54 Å². The van der Waals surface area contributed by atoms with Gasteiger partial charge in [-0.3, -0.25) is 0 Å². The molecule has 0 aliphatic heterocycles. The van der Waals surface area contributed by atoms with Crippen LogP contribution in [-0.2, 0) is 4.74 Å². The smallest absolute Gasteiger partial charge is 0.0812 e. The van der Waals surface area contributed by atoms with Crippen LogP contribution in [0, 0.1) is 5.92 Å². The van der Waals surface area contributed by atoms with Gasteiger partial charge in [-0.1, -0.05) is 33.6 Å². The molecule has 1 fully saturated rings. The molecule has 1 aliphatic carbocycles. The Morgan fingerprint density at radius 3 is 2.76 bits per heavy atom. The molecule has 0 amide bonds. The molecule has 17 heavy (non-hydrogen) atoms. The van der Waals surface area contributed by atoms with Gasteiger partial charge in [-0.05, 0) is 45.1 Å². The maximum atomic E-state index is 6.38. The van der Waals surface area contributed by atoms with Gasteiger partial charge in [0.25, 0.3) is 0 Å². The zero-order valence-corrected chi connectivity index (χ0v) is 12.2. The van der Waals surface area contributed by atoms with E-state index in [2.05, 4.69) is 33.0 Å². The van der Waals surface area contributed by atoms with E-state index in [4.69, 9.17) is 4.74 Å². The van der Waals surface area contributed by atoms with E-state index in [1.54, 1.807) is 0 Å². The summed E-state index contributed by atoms with van der Waals surface area (Å²) in [6, 6.07) is 0. The second-order valence-corrected chi connectivity index (χ2v) is 5.90. The van der Waals surface area contributed by atoms with Crippen LogP contribution in [0.4, 0.5) is 0 Å². The average molecular weight is 241 g/mol. The fourth-order valence-corrected chi connectivity index (χ4v) is 2.92. The number of hydrogen-bond acceptors (Lipinski definition) is 2. The fraction of sp³-hybridized carbons (Fsp3) is 1.00. The third kappa shape index (κ3) is 4.97.